The number of nitrogens with zero attached hydrogens (tertiary/aromatic N) is 4. The third-order valence-corrected chi connectivity index (χ3v) is 4.54. The van der Waals surface area contributed by atoms with Gasteiger partial charge in [-0.3, -0.25) is 9.78 Å². The quantitative estimate of drug-likeness (QED) is 0.833. The van der Waals surface area contributed by atoms with Gasteiger partial charge in [-0.25, -0.2) is 9.37 Å². The summed E-state index contributed by atoms with van der Waals surface area (Å²) in [6.07, 6.45) is 4.89. The number of aromatic nitrogens is 2. The summed E-state index contributed by atoms with van der Waals surface area (Å²) < 4.78 is 19.7. The number of rotatable bonds is 2. The number of ether oxygens (including phenoxy) is 1. The molecular weight excluding hydrogens is 311 g/mol. The molecule has 1 aromatic heterocycles. The fraction of sp³-hybridized carbons (Fsp3) is 0.353. The number of fused-ring (bicyclic) bond motifs is 1. The van der Waals surface area contributed by atoms with E-state index in [4.69, 9.17) is 4.74 Å². The fourth-order valence-electron chi connectivity index (χ4n) is 3.38. The molecule has 2 aliphatic rings. The fourth-order valence-corrected chi connectivity index (χ4v) is 3.38. The molecule has 0 N–H and O–H groups in total. The van der Waals surface area contributed by atoms with Crippen molar-refractivity contribution in [1.29, 1.82) is 0 Å². The van der Waals surface area contributed by atoms with Crippen molar-refractivity contribution in [1.82, 2.24) is 14.9 Å². The molecule has 2 aliphatic heterocycles. The summed E-state index contributed by atoms with van der Waals surface area (Å²) in [6, 6.07) is 6.07. The van der Waals surface area contributed by atoms with Gasteiger partial charge >= 0.3 is 0 Å². The van der Waals surface area contributed by atoms with Gasteiger partial charge in [-0.1, -0.05) is 12.1 Å². The summed E-state index contributed by atoms with van der Waals surface area (Å²) in [6.45, 7) is 2.20. The lowest BCUT2D eigenvalue weighted by Gasteiger charge is -2.37. The molecule has 0 bridgehead atoms. The van der Waals surface area contributed by atoms with E-state index < -0.39 is 5.82 Å². The Kier molecular flexibility index (Phi) is 3.86. The van der Waals surface area contributed by atoms with Gasteiger partial charge in [-0.2, -0.15) is 0 Å². The van der Waals surface area contributed by atoms with E-state index in [9.17, 15) is 9.18 Å². The summed E-state index contributed by atoms with van der Waals surface area (Å²) >= 11 is 0. The van der Waals surface area contributed by atoms with Gasteiger partial charge in [0.1, 0.15) is 11.6 Å². The summed E-state index contributed by atoms with van der Waals surface area (Å²) in [5.41, 5.74) is 0.0993. The summed E-state index contributed by atoms with van der Waals surface area (Å²) in [5, 5.41) is 0. The van der Waals surface area contributed by atoms with Gasteiger partial charge in [0.25, 0.3) is 5.91 Å². The molecule has 124 valence electrons. The van der Waals surface area contributed by atoms with Gasteiger partial charge in [0.2, 0.25) is 0 Å². The lowest BCUT2D eigenvalue weighted by Crippen LogP contribution is -2.51. The highest BCUT2D eigenvalue weighted by Gasteiger charge is 2.42. The van der Waals surface area contributed by atoms with Crippen molar-refractivity contribution in [2.45, 2.75) is 12.1 Å². The minimum absolute atomic E-state index is 0.00572. The molecular formula is C17H17FN4O2. The highest BCUT2D eigenvalue weighted by Crippen LogP contribution is 2.27. The van der Waals surface area contributed by atoms with Crippen LogP contribution in [0.5, 0.6) is 0 Å². The lowest BCUT2D eigenvalue weighted by atomic mass is 10.1. The van der Waals surface area contributed by atoms with E-state index in [-0.39, 0.29) is 23.6 Å². The number of carbonyl (C=O) groups excluding carboxylic acids is 1. The van der Waals surface area contributed by atoms with E-state index in [0.717, 1.165) is 5.82 Å². The zero-order chi connectivity index (χ0) is 16.5. The van der Waals surface area contributed by atoms with Crippen molar-refractivity contribution >= 4 is 11.7 Å². The van der Waals surface area contributed by atoms with Gasteiger partial charge < -0.3 is 14.5 Å². The zero-order valence-electron chi connectivity index (χ0n) is 13.0. The van der Waals surface area contributed by atoms with Crippen LogP contribution in [-0.4, -0.2) is 59.2 Å². The molecule has 0 aliphatic carbocycles. The van der Waals surface area contributed by atoms with Gasteiger partial charge in [-0.05, 0) is 12.1 Å². The number of halogens is 1. The van der Waals surface area contributed by atoms with E-state index in [1.807, 2.05) is 0 Å². The van der Waals surface area contributed by atoms with Crippen LogP contribution in [-0.2, 0) is 4.74 Å². The number of hydrogen-bond acceptors (Lipinski definition) is 5. The van der Waals surface area contributed by atoms with Crippen LogP contribution >= 0.6 is 0 Å². The maximum absolute atomic E-state index is 13.9. The van der Waals surface area contributed by atoms with Crippen LogP contribution in [0.1, 0.15) is 10.4 Å². The standard InChI is InChI=1S/C17H17FN4O2/c18-13-4-2-1-3-12(13)17(23)21-10-14-15(11-21)24-8-7-22(14)16-9-19-5-6-20-16/h1-6,9,14-15H,7-8,10-11H2/t14-,15+/m1/s1. The van der Waals surface area contributed by atoms with E-state index in [1.165, 1.54) is 12.1 Å². The summed E-state index contributed by atoms with van der Waals surface area (Å²) in [4.78, 5) is 24.9. The number of carbonyl (C=O) groups is 1. The molecule has 0 spiro atoms. The van der Waals surface area contributed by atoms with Crippen molar-refractivity contribution < 1.29 is 13.9 Å². The third-order valence-electron chi connectivity index (χ3n) is 4.54. The highest BCUT2D eigenvalue weighted by molar-refractivity contribution is 5.94. The zero-order valence-corrected chi connectivity index (χ0v) is 13.0. The Morgan fingerprint density at radius 3 is 2.92 bits per heavy atom. The van der Waals surface area contributed by atoms with Crippen LogP contribution in [0.2, 0.25) is 0 Å². The first kappa shape index (κ1) is 15.0. The SMILES string of the molecule is O=C(c1ccccc1F)N1C[C@@H]2OCCN(c3cnccn3)[C@@H]2C1. The smallest absolute Gasteiger partial charge is 0.256 e. The first-order valence-corrected chi connectivity index (χ1v) is 7.92. The average Bonchev–Trinajstić information content (AvgIpc) is 3.06. The number of anilines is 1. The molecule has 2 saturated heterocycles. The van der Waals surface area contributed by atoms with E-state index in [0.29, 0.717) is 26.2 Å². The largest absolute Gasteiger partial charge is 0.372 e. The average molecular weight is 328 g/mol. The van der Waals surface area contributed by atoms with E-state index >= 15 is 0 Å². The first-order chi connectivity index (χ1) is 11.7. The van der Waals surface area contributed by atoms with Gasteiger partial charge in [0.15, 0.2) is 0 Å². The number of morpholine rings is 1. The van der Waals surface area contributed by atoms with E-state index in [1.54, 1.807) is 35.6 Å². The Morgan fingerprint density at radius 2 is 2.12 bits per heavy atom. The Labute approximate surface area is 138 Å². The molecule has 0 unspecified atom stereocenters. The van der Waals surface area contributed by atoms with Crippen LogP contribution in [0.15, 0.2) is 42.9 Å². The molecule has 24 heavy (non-hydrogen) atoms. The molecule has 4 rings (SSSR count). The molecule has 0 radical (unpaired) electrons. The van der Waals surface area contributed by atoms with Crippen molar-refractivity contribution in [3.63, 3.8) is 0 Å². The minimum Gasteiger partial charge on any atom is -0.372 e. The predicted octanol–water partition coefficient (Wildman–Crippen LogP) is 1.35. The van der Waals surface area contributed by atoms with Gasteiger partial charge in [0, 0.05) is 32.0 Å². The Morgan fingerprint density at radius 1 is 1.25 bits per heavy atom. The second-order valence-electron chi connectivity index (χ2n) is 5.92. The molecule has 6 nitrogen and oxygen atoms in total. The molecule has 7 heteroatoms. The number of likely N-dealkylation sites (tertiary alicyclic amines) is 1. The summed E-state index contributed by atoms with van der Waals surface area (Å²) in [5.74, 6) is -0.0229. The first-order valence-electron chi connectivity index (χ1n) is 7.92. The Hall–Kier alpha value is -2.54. The number of hydrogen-bond donors (Lipinski definition) is 0. The molecule has 0 saturated carbocycles. The van der Waals surface area contributed by atoms with Crippen molar-refractivity contribution in [3.05, 3.63) is 54.2 Å². The third kappa shape index (κ3) is 2.60. The molecule has 1 amide bonds. The summed E-state index contributed by atoms with van der Waals surface area (Å²) in [7, 11) is 0. The van der Waals surface area contributed by atoms with Gasteiger partial charge in [-0.15, -0.1) is 0 Å². The second-order valence-corrected chi connectivity index (χ2v) is 5.92. The van der Waals surface area contributed by atoms with Crippen molar-refractivity contribution in [2.75, 3.05) is 31.1 Å². The Balaban J connectivity index is 1.56. The van der Waals surface area contributed by atoms with Crippen LogP contribution in [0.3, 0.4) is 0 Å². The maximum atomic E-state index is 13.9. The van der Waals surface area contributed by atoms with Gasteiger partial charge in [0.05, 0.1) is 30.5 Å². The molecule has 2 fully saturated rings. The molecule has 3 heterocycles. The topological polar surface area (TPSA) is 58.6 Å². The second kappa shape index (κ2) is 6.16. The van der Waals surface area contributed by atoms with Crippen LogP contribution in [0.25, 0.3) is 0 Å². The maximum Gasteiger partial charge on any atom is 0.256 e. The van der Waals surface area contributed by atoms with Crippen LogP contribution in [0.4, 0.5) is 10.2 Å². The Bertz CT molecular complexity index is 742. The van der Waals surface area contributed by atoms with Crippen molar-refractivity contribution in [3.8, 4) is 0 Å². The molecule has 2 aromatic rings. The monoisotopic (exact) mass is 328 g/mol. The van der Waals surface area contributed by atoms with Crippen molar-refractivity contribution in [2.24, 2.45) is 0 Å². The van der Waals surface area contributed by atoms with Crippen LogP contribution < -0.4 is 4.90 Å². The number of amides is 1. The molecule has 2 atom stereocenters. The minimum atomic E-state index is -0.496. The van der Waals surface area contributed by atoms with E-state index in [2.05, 4.69) is 14.9 Å². The predicted molar refractivity (Wildman–Crippen MR) is 85.2 cm³/mol. The highest BCUT2D eigenvalue weighted by atomic mass is 19.1. The molecule has 1 aromatic carbocycles. The van der Waals surface area contributed by atoms with Crippen LogP contribution in [0, 0.1) is 5.82 Å². The number of benzene rings is 1. The normalized spacial score (nSPS) is 23.2. The lowest BCUT2D eigenvalue weighted by molar-refractivity contribution is 0.0299.